The number of carboxylic acid groups (broad SMARTS) is 5. The third kappa shape index (κ3) is 24.1. The van der Waals surface area contributed by atoms with Crippen LogP contribution < -0.4 is 42.5 Å². The Morgan fingerprint density at radius 2 is 0.913 bits per heavy atom. The van der Waals surface area contributed by atoms with E-state index in [9.17, 15) is 93.0 Å². The number of rotatable bonds is 32. The van der Waals surface area contributed by atoms with Crippen molar-refractivity contribution < 1.29 is 93.0 Å². The molecule has 27 heteroatoms. The predicted octanol–water partition coefficient (Wildman–Crippen LogP) is -3.66. The first-order chi connectivity index (χ1) is 32.2. The number of carbonyl (C=O) groups excluding carboxylic acids is 8. The van der Waals surface area contributed by atoms with Gasteiger partial charge in [-0.1, -0.05) is 44.2 Å². The number of aliphatic hydroxyl groups excluding tert-OH is 1. The number of amides is 8. The van der Waals surface area contributed by atoms with Gasteiger partial charge >= 0.3 is 29.8 Å². The quantitative estimate of drug-likeness (QED) is 0.0331. The van der Waals surface area contributed by atoms with Gasteiger partial charge in [0, 0.05) is 32.6 Å². The summed E-state index contributed by atoms with van der Waals surface area (Å²) in [5, 5.41) is 74.8. The molecule has 27 nitrogen and oxygen atoms in total. The Morgan fingerprint density at radius 1 is 0.493 bits per heavy atom. The minimum atomic E-state index is -1.94. The number of carboxylic acids is 5. The largest absolute Gasteiger partial charge is 0.481 e. The third-order valence-corrected chi connectivity index (χ3v) is 9.65. The van der Waals surface area contributed by atoms with Gasteiger partial charge in [0.05, 0.1) is 19.1 Å². The SMILES string of the molecule is CC(=O)N[C@@H](CC(=O)O)C(=O)N[C@@H](CCC(=O)O)C(=O)N[C@@H](CCC(=O)O)C(=O)N[C@H](C(=O)NCC(=O)N[C@@H](CCC(=O)O)C(=O)N[C@@H](Cc1ccccc1)C(=O)N[C@@H](CC(C)C)C(=O)O)[C@@H](C)O. The highest BCUT2D eigenvalue weighted by atomic mass is 16.4. The van der Waals surface area contributed by atoms with Crippen LogP contribution in [-0.4, -0.2) is 163 Å². The summed E-state index contributed by atoms with van der Waals surface area (Å²) in [6.07, 6.45) is -6.98. The first-order valence-corrected chi connectivity index (χ1v) is 21.4. The van der Waals surface area contributed by atoms with Crippen LogP contribution in [0.15, 0.2) is 30.3 Å². The molecule has 0 bridgehead atoms. The molecule has 0 spiro atoms. The van der Waals surface area contributed by atoms with Crippen LogP contribution >= 0.6 is 0 Å². The van der Waals surface area contributed by atoms with Crippen LogP contribution in [0, 0.1) is 5.92 Å². The number of carbonyl (C=O) groups is 13. The van der Waals surface area contributed by atoms with E-state index in [1.807, 2.05) is 0 Å². The summed E-state index contributed by atoms with van der Waals surface area (Å²) in [5.74, 6) is -16.4. The molecule has 1 rings (SSSR count). The minimum absolute atomic E-state index is 0.0389. The fourth-order valence-electron chi connectivity index (χ4n) is 6.26. The Balaban J connectivity index is 3.29. The Morgan fingerprint density at radius 3 is 1.33 bits per heavy atom. The zero-order chi connectivity index (χ0) is 52.5. The van der Waals surface area contributed by atoms with E-state index in [0.717, 1.165) is 13.8 Å². The molecule has 0 aliphatic rings. The van der Waals surface area contributed by atoms with Gasteiger partial charge in [-0.3, -0.25) is 57.5 Å². The van der Waals surface area contributed by atoms with E-state index in [1.165, 1.54) is 0 Å². The van der Waals surface area contributed by atoms with Gasteiger partial charge in [0.1, 0.15) is 42.3 Å². The van der Waals surface area contributed by atoms with Gasteiger partial charge in [0.15, 0.2) is 0 Å². The molecule has 0 aliphatic heterocycles. The van der Waals surface area contributed by atoms with E-state index in [1.54, 1.807) is 44.2 Å². The van der Waals surface area contributed by atoms with Crippen LogP contribution in [0.2, 0.25) is 0 Å². The normalized spacial score (nSPS) is 14.3. The van der Waals surface area contributed by atoms with Crippen molar-refractivity contribution in [3.8, 4) is 0 Å². The summed E-state index contributed by atoms with van der Waals surface area (Å²) in [4.78, 5) is 162. The van der Waals surface area contributed by atoms with Crippen LogP contribution in [0.4, 0.5) is 0 Å². The second kappa shape index (κ2) is 29.8. The van der Waals surface area contributed by atoms with Gasteiger partial charge in [-0.2, -0.15) is 0 Å². The van der Waals surface area contributed by atoms with Gasteiger partial charge in [-0.25, -0.2) is 4.79 Å². The van der Waals surface area contributed by atoms with Crippen LogP contribution in [0.25, 0.3) is 0 Å². The Kier molecular flexibility index (Phi) is 25.6. The standard InChI is InChI=1S/C42H60N8O19/c1-20(2)16-29(42(68)69)49-39(65)27(17-23-8-6-5-7-9-23)48-36(62)24(10-13-31(54)55)45-30(53)19-43-41(67)35(21(3)51)50-38(64)26(12-15-33(58)59)46-37(63)25(11-14-32(56)57)47-40(66)28(18-34(60)61)44-22(4)52/h5-9,20-21,24-29,35,51H,10-19H2,1-4H3,(H,43,67)(H,44,52)(H,45,53)(H,46,63)(H,47,66)(H,48,62)(H,49,65)(H,50,64)(H,54,55)(H,56,57)(H,58,59)(H,60,61)(H,68,69)/t21-,24+,25+,26+,27+,28+,29+,35+/m1/s1. The van der Waals surface area contributed by atoms with Crippen LogP contribution in [0.1, 0.15) is 84.6 Å². The summed E-state index contributed by atoms with van der Waals surface area (Å²) in [6.45, 7) is 4.46. The van der Waals surface area contributed by atoms with Gasteiger partial charge in [-0.15, -0.1) is 0 Å². The minimum Gasteiger partial charge on any atom is -0.481 e. The maximum absolute atomic E-state index is 13.6. The molecule has 1 aromatic carbocycles. The van der Waals surface area contributed by atoms with Crippen LogP contribution in [0.3, 0.4) is 0 Å². The number of hydrogen-bond donors (Lipinski definition) is 14. The van der Waals surface area contributed by atoms with Gasteiger partial charge < -0.3 is 73.2 Å². The molecule has 382 valence electrons. The molecule has 14 N–H and O–H groups in total. The highest BCUT2D eigenvalue weighted by Gasteiger charge is 2.35. The number of hydrogen-bond acceptors (Lipinski definition) is 14. The maximum atomic E-state index is 13.6. The molecular formula is C42H60N8O19. The Bertz CT molecular complexity index is 2020. The van der Waals surface area contributed by atoms with Crippen molar-refractivity contribution in [1.82, 2.24) is 42.5 Å². The van der Waals surface area contributed by atoms with Crippen molar-refractivity contribution in [2.24, 2.45) is 5.92 Å². The van der Waals surface area contributed by atoms with Crippen molar-refractivity contribution >= 4 is 77.1 Å². The lowest BCUT2D eigenvalue weighted by Crippen LogP contribution is -2.60. The lowest BCUT2D eigenvalue weighted by Gasteiger charge is -2.27. The molecule has 1 aromatic rings. The first-order valence-electron chi connectivity index (χ1n) is 21.4. The summed E-state index contributed by atoms with van der Waals surface area (Å²) in [5.41, 5.74) is 0.536. The zero-order valence-corrected chi connectivity index (χ0v) is 38.1. The van der Waals surface area contributed by atoms with Crippen LogP contribution in [-0.2, 0) is 68.7 Å². The van der Waals surface area contributed by atoms with Crippen LogP contribution in [0.5, 0.6) is 0 Å². The summed E-state index contributed by atoms with van der Waals surface area (Å²) < 4.78 is 0. The number of benzene rings is 1. The highest BCUT2D eigenvalue weighted by Crippen LogP contribution is 2.10. The van der Waals surface area contributed by atoms with Crippen molar-refractivity contribution in [3.63, 3.8) is 0 Å². The summed E-state index contributed by atoms with van der Waals surface area (Å²) >= 11 is 0. The molecule has 8 atom stereocenters. The summed E-state index contributed by atoms with van der Waals surface area (Å²) in [7, 11) is 0. The molecule has 0 heterocycles. The molecular weight excluding hydrogens is 920 g/mol. The molecule has 0 unspecified atom stereocenters. The molecule has 0 saturated carbocycles. The average Bonchev–Trinajstić information content (AvgIpc) is 3.24. The third-order valence-electron chi connectivity index (χ3n) is 9.65. The predicted molar refractivity (Wildman–Crippen MR) is 234 cm³/mol. The number of nitrogens with one attached hydrogen (secondary N) is 8. The van der Waals surface area contributed by atoms with Crippen molar-refractivity contribution in [2.45, 2.75) is 134 Å². The molecule has 8 amide bonds. The lowest BCUT2D eigenvalue weighted by molar-refractivity contribution is -0.143. The van der Waals surface area contributed by atoms with E-state index >= 15 is 0 Å². The molecule has 0 aliphatic carbocycles. The molecule has 0 saturated heterocycles. The van der Waals surface area contributed by atoms with E-state index in [4.69, 9.17) is 0 Å². The molecule has 69 heavy (non-hydrogen) atoms. The maximum Gasteiger partial charge on any atom is 0.326 e. The van der Waals surface area contributed by atoms with E-state index in [2.05, 4.69) is 42.5 Å². The fraction of sp³-hybridized carbons (Fsp3) is 0.548. The van der Waals surface area contributed by atoms with Crippen molar-refractivity contribution in [2.75, 3.05) is 6.54 Å². The highest BCUT2D eigenvalue weighted by molar-refractivity contribution is 5.98. The molecule has 0 radical (unpaired) electrons. The average molecular weight is 981 g/mol. The topological polar surface area (TPSA) is 440 Å². The van der Waals surface area contributed by atoms with Crippen molar-refractivity contribution in [1.29, 1.82) is 0 Å². The van der Waals surface area contributed by atoms with Crippen molar-refractivity contribution in [3.05, 3.63) is 35.9 Å². The second-order valence-electron chi connectivity index (χ2n) is 16.1. The smallest absolute Gasteiger partial charge is 0.326 e. The lowest BCUT2D eigenvalue weighted by atomic mass is 10.0. The monoisotopic (exact) mass is 980 g/mol. The van der Waals surface area contributed by atoms with E-state index in [0.29, 0.717) is 5.56 Å². The Hall–Kier alpha value is -7.71. The number of aliphatic hydroxyl groups is 1. The van der Waals surface area contributed by atoms with Gasteiger partial charge in [-0.05, 0) is 44.1 Å². The van der Waals surface area contributed by atoms with Gasteiger partial charge in [0.2, 0.25) is 47.3 Å². The summed E-state index contributed by atoms with van der Waals surface area (Å²) in [6, 6.07) is -3.58. The first kappa shape index (κ1) is 59.3. The van der Waals surface area contributed by atoms with E-state index < -0.39 is 177 Å². The van der Waals surface area contributed by atoms with E-state index in [-0.39, 0.29) is 18.8 Å². The second-order valence-corrected chi connectivity index (χ2v) is 16.1. The number of aliphatic carboxylic acids is 5. The molecule has 0 aromatic heterocycles. The van der Waals surface area contributed by atoms with Gasteiger partial charge in [0.25, 0.3) is 0 Å². The zero-order valence-electron chi connectivity index (χ0n) is 38.1. The fourth-order valence-corrected chi connectivity index (χ4v) is 6.26. The Labute approximate surface area is 394 Å². The molecule has 0 fully saturated rings.